The minimum atomic E-state index is -0.608. The van der Waals surface area contributed by atoms with E-state index in [0.29, 0.717) is 0 Å². The number of rotatable bonds is 0. The van der Waals surface area contributed by atoms with E-state index >= 15 is 0 Å². The van der Waals surface area contributed by atoms with Crippen molar-refractivity contribution >= 4 is 22.6 Å². The second-order valence-electron chi connectivity index (χ2n) is 4.20. The zero-order chi connectivity index (χ0) is 9.92. The molecular formula is C11H11IO2. The van der Waals surface area contributed by atoms with Crippen LogP contribution in [-0.4, -0.2) is 22.4 Å². The quantitative estimate of drug-likeness (QED) is 0.564. The van der Waals surface area contributed by atoms with E-state index in [0.717, 1.165) is 6.42 Å². The fourth-order valence-corrected chi connectivity index (χ4v) is 4.15. The van der Waals surface area contributed by atoms with E-state index in [2.05, 4.69) is 34.7 Å². The van der Waals surface area contributed by atoms with Crippen molar-refractivity contribution in [2.45, 2.75) is 28.0 Å². The lowest BCUT2D eigenvalue weighted by Crippen LogP contribution is -2.38. The van der Waals surface area contributed by atoms with Crippen LogP contribution in [0.2, 0.25) is 0 Å². The average Bonchev–Trinajstić information content (AvgIpc) is 2.62. The molecule has 1 saturated carbocycles. The van der Waals surface area contributed by atoms with Crippen molar-refractivity contribution < 1.29 is 10.2 Å². The Bertz CT molecular complexity index is 393. The van der Waals surface area contributed by atoms with Crippen LogP contribution < -0.4 is 0 Å². The number of benzene rings is 1. The van der Waals surface area contributed by atoms with E-state index in [-0.39, 0.29) is 9.34 Å². The van der Waals surface area contributed by atoms with Crippen LogP contribution >= 0.6 is 22.6 Å². The molecule has 1 fully saturated rings. The van der Waals surface area contributed by atoms with Gasteiger partial charge in [-0.1, -0.05) is 46.9 Å². The Hall–Kier alpha value is -0.130. The van der Waals surface area contributed by atoms with E-state index in [9.17, 15) is 10.2 Å². The van der Waals surface area contributed by atoms with Crippen LogP contribution in [0.4, 0.5) is 0 Å². The van der Waals surface area contributed by atoms with Gasteiger partial charge in [0.05, 0.1) is 15.6 Å². The average molecular weight is 302 g/mol. The molecule has 2 aliphatic rings. The summed E-state index contributed by atoms with van der Waals surface area (Å²) in [6.07, 6.45) is -0.320. The van der Waals surface area contributed by atoms with Crippen LogP contribution in [0.25, 0.3) is 0 Å². The van der Waals surface area contributed by atoms with E-state index in [1.54, 1.807) is 0 Å². The summed E-state index contributed by atoms with van der Waals surface area (Å²) < 4.78 is -0.252. The Morgan fingerprint density at radius 1 is 1.29 bits per heavy atom. The smallest absolute Gasteiger partial charge is 0.0991 e. The molecule has 1 aromatic rings. The molecule has 0 spiro atoms. The third kappa shape index (κ3) is 0.882. The zero-order valence-corrected chi connectivity index (χ0v) is 9.68. The Kier molecular flexibility index (Phi) is 1.77. The molecule has 3 rings (SSSR count). The summed E-state index contributed by atoms with van der Waals surface area (Å²) in [5.74, 6) is 0.137. The van der Waals surface area contributed by atoms with E-state index in [1.807, 2.05) is 12.1 Å². The third-order valence-corrected chi connectivity index (χ3v) is 5.19. The van der Waals surface area contributed by atoms with Crippen LogP contribution in [-0.2, 0) is 3.42 Å². The highest BCUT2D eigenvalue weighted by molar-refractivity contribution is 14.1. The standard InChI is InChI=1S/C11H11IO2/c12-11-5-7(9(13)10(11)14)6-3-1-2-4-8(6)11/h1-4,7,9-10,13-14H,5H2. The van der Waals surface area contributed by atoms with Gasteiger partial charge in [-0.25, -0.2) is 0 Å². The van der Waals surface area contributed by atoms with Gasteiger partial charge < -0.3 is 10.2 Å². The number of hydrogen-bond donors (Lipinski definition) is 2. The molecular weight excluding hydrogens is 291 g/mol. The summed E-state index contributed by atoms with van der Waals surface area (Å²) in [7, 11) is 0. The SMILES string of the molecule is OC1C2CC(I)(c3ccccc32)C1O. The van der Waals surface area contributed by atoms with Crippen molar-refractivity contribution in [2.24, 2.45) is 0 Å². The van der Waals surface area contributed by atoms with Crippen LogP contribution in [0.1, 0.15) is 23.5 Å². The van der Waals surface area contributed by atoms with E-state index < -0.39 is 12.2 Å². The van der Waals surface area contributed by atoms with Crippen molar-refractivity contribution in [1.29, 1.82) is 0 Å². The molecule has 2 nitrogen and oxygen atoms in total. The molecule has 0 aromatic heterocycles. The van der Waals surface area contributed by atoms with Crippen molar-refractivity contribution in [1.82, 2.24) is 0 Å². The molecule has 2 aliphatic carbocycles. The topological polar surface area (TPSA) is 40.5 Å². The first-order chi connectivity index (χ1) is 6.64. The lowest BCUT2D eigenvalue weighted by Gasteiger charge is -2.30. The maximum Gasteiger partial charge on any atom is 0.0991 e. The molecule has 4 unspecified atom stereocenters. The highest BCUT2D eigenvalue weighted by atomic mass is 127. The number of aliphatic hydroxyl groups excluding tert-OH is 2. The van der Waals surface area contributed by atoms with Gasteiger partial charge in [0.2, 0.25) is 0 Å². The Morgan fingerprint density at radius 2 is 2.00 bits per heavy atom. The van der Waals surface area contributed by atoms with Gasteiger partial charge in [0.1, 0.15) is 0 Å². The van der Waals surface area contributed by atoms with Crippen LogP contribution in [0.5, 0.6) is 0 Å². The number of halogens is 1. The fraction of sp³-hybridized carbons (Fsp3) is 0.455. The van der Waals surface area contributed by atoms with Crippen LogP contribution in [0.15, 0.2) is 24.3 Å². The molecule has 0 amide bonds. The lowest BCUT2D eigenvalue weighted by molar-refractivity contribution is 0.0185. The van der Waals surface area contributed by atoms with Crippen LogP contribution in [0.3, 0.4) is 0 Å². The predicted octanol–water partition coefficient (Wildman–Crippen LogP) is 1.54. The molecule has 0 saturated heterocycles. The minimum Gasteiger partial charge on any atom is -0.390 e. The molecule has 2 bridgehead atoms. The predicted molar refractivity (Wildman–Crippen MR) is 61.5 cm³/mol. The number of fused-ring (bicyclic) bond motifs is 5. The Morgan fingerprint density at radius 3 is 2.79 bits per heavy atom. The molecule has 74 valence electrons. The highest BCUT2D eigenvalue weighted by Gasteiger charge is 2.58. The summed E-state index contributed by atoms with van der Waals surface area (Å²) >= 11 is 2.29. The molecule has 4 atom stereocenters. The van der Waals surface area contributed by atoms with Crippen molar-refractivity contribution in [3.8, 4) is 0 Å². The second kappa shape index (κ2) is 2.71. The van der Waals surface area contributed by atoms with Gasteiger partial charge in [0.25, 0.3) is 0 Å². The summed E-state index contributed by atoms with van der Waals surface area (Å²) in [5.41, 5.74) is 2.43. The van der Waals surface area contributed by atoms with Crippen molar-refractivity contribution in [3.05, 3.63) is 35.4 Å². The van der Waals surface area contributed by atoms with Gasteiger partial charge in [-0.3, -0.25) is 0 Å². The summed E-state index contributed by atoms with van der Waals surface area (Å²) in [6.45, 7) is 0. The zero-order valence-electron chi connectivity index (χ0n) is 7.52. The molecule has 0 aliphatic heterocycles. The summed E-state index contributed by atoms with van der Waals surface area (Å²) in [4.78, 5) is 0. The number of hydrogen-bond acceptors (Lipinski definition) is 2. The van der Waals surface area contributed by atoms with Gasteiger partial charge in [-0.2, -0.15) is 0 Å². The van der Waals surface area contributed by atoms with Crippen molar-refractivity contribution in [2.75, 3.05) is 0 Å². The normalized spacial score (nSPS) is 44.1. The Labute approximate surface area is 96.1 Å². The minimum absolute atomic E-state index is 0.137. The summed E-state index contributed by atoms with van der Waals surface area (Å²) in [5, 5.41) is 19.8. The fourth-order valence-electron chi connectivity index (χ4n) is 2.81. The molecule has 1 aromatic carbocycles. The molecule has 3 heteroatoms. The molecule has 0 radical (unpaired) electrons. The summed E-state index contributed by atoms with van der Waals surface area (Å²) in [6, 6.07) is 8.13. The first-order valence-electron chi connectivity index (χ1n) is 4.79. The first kappa shape index (κ1) is 9.12. The monoisotopic (exact) mass is 302 g/mol. The van der Waals surface area contributed by atoms with Gasteiger partial charge in [0.15, 0.2) is 0 Å². The third-order valence-electron chi connectivity index (χ3n) is 3.53. The van der Waals surface area contributed by atoms with E-state index in [1.165, 1.54) is 11.1 Å². The second-order valence-corrected chi connectivity index (χ2v) is 6.12. The molecule has 14 heavy (non-hydrogen) atoms. The maximum atomic E-state index is 9.94. The van der Waals surface area contributed by atoms with Gasteiger partial charge in [0, 0.05) is 5.92 Å². The lowest BCUT2D eigenvalue weighted by atomic mass is 9.88. The van der Waals surface area contributed by atoms with Crippen molar-refractivity contribution in [3.63, 3.8) is 0 Å². The van der Waals surface area contributed by atoms with Gasteiger partial charge >= 0.3 is 0 Å². The first-order valence-corrected chi connectivity index (χ1v) is 5.87. The highest BCUT2D eigenvalue weighted by Crippen LogP contribution is 2.60. The number of alkyl halides is 1. The van der Waals surface area contributed by atoms with Gasteiger partial charge in [-0.05, 0) is 17.5 Å². The van der Waals surface area contributed by atoms with Crippen LogP contribution in [0, 0.1) is 0 Å². The Balaban J connectivity index is 2.24. The maximum absolute atomic E-state index is 9.94. The molecule has 0 heterocycles. The van der Waals surface area contributed by atoms with E-state index in [4.69, 9.17) is 0 Å². The molecule has 2 N–H and O–H groups in total. The largest absolute Gasteiger partial charge is 0.390 e. The number of aliphatic hydroxyl groups is 2. The van der Waals surface area contributed by atoms with Gasteiger partial charge in [-0.15, -0.1) is 0 Å².